The molecule has 3 nitrogen and oxygen atoms in total. The molecule has 0 radical (unpaired) electrons. The molecule has 1 aliphatic rings. The van der Waals surface area contributed by atoms with E-state index in [0.29, 0.717) is 6.04 Å². The standard InChI is InChI=1S/C11H24N2OS/c1-11(10-15(2)14)12-6-5-9-13-7-3-4-8-13/h11-12H,3-10H2,1-2H3. The largest absolute Gasteiger partial charge is 0.313 e. The van der Waals surface area contributed by atoms with Crippen LogP contribution in [0.5, 0.6) is 0 Å². The van der Waals surface area contributed by atoms with Gasteiger partial charge in [-0.25, -0.2) is 0 Å². The van der Waals surface area contributed by atoms with Crippen molar-refractivity contribution in [3.05, 3.63) is 0 Å². The summed E-state index contributed by atoms with van der Waals surface area (Å²) in [7, 11) is -0.676. The molecule has 0 aliphatic carbocycles. The smallest absolute Gasteiger partial charge is 0.0383 e. The average Bonchev–Trinajstić information content (AvgIpc) is 2.63. The highest BCUT2D eigenvalue weighted by Crippen LogP contribution is 2.06. The van der Waals surface area contributed by atoms with Crippen LogP contribution >= 0.6 is 0 Å². The fourth-order valence-electron chi connectivity index (χ4n) is 2.07. The maximum absolute atomic E-state index is 11.0. The summed E-state index contributed by atoms with van der Waals surface area (Å²) < 4.78 is 11.0. The van der Waals surface area contributed by atoms with Crippen LogP contribution in [-0.4, -0.2) is 53.3 Å². The summed E-state index contributed by atoms with van der Waals surface area (Å²) in [5.41, 5.74) is 0. The van der Waals surface area contributed by atoms with Crippen molar-refractivity contribution >= 4 is 10.8 Å². The van der Waals surface area contributed by atoms with Gasteiger partial charge in [-0.15, -0.1) is 0 Å². The second-order valence-electron chi connectivity index (χ2n) is 4.50. The summed E-state index contributed by atoms with van der Waals surface area (Å²) in [6.07, 6.45) is 5.72. The van der Waals surface area contributed by atoms with Gasteiger partial charge < -0.3 is 10.2 Å². The predicted molar refractivity (Wildman–Crippen MR) is 66.7 cm³/mol. The number of likely N-dealkylation sites (tertiary alicyclic amines) is 1. The zero-order valence-electron chi connectivity index (χ0n) is 10.00. The summed E-state index contributed by atoms with van der Waals surface area (Å²) in [6.45, 7) is 6.95. The first-order valence-electron chi connectivity index (χ1n) is 5.94. The van der Waals surface area contributed by atoms with Crippen molar-refractivity contribution in [1.29, 1.82) is 0 Å². The SMILES string of the molecule is CC(CS(C)=O)NCCCN1CCCC1. The minimum absolute atomic E-state index is 0.384. The van der Waals surface area contributed by atoms with Gasteiger partial charge in [0.15, 0.2) is 0 Å². The maximum Gasteiger partial charge on any atom is 0.0383 e. The molecule has 1 aliphatic heterocycles. The fourth-order valence-corrected chi connectivity index (χ4v) is 2.89. The van der Waals surface area contributed by atoms with E-state index >= 15 is 0 Å². The van der Waals surface area contributed by atoms with Crippen molar-refractivity contribution in [2.24, 2.45) is 0 Å². The lowest BCUT2D eigenvalue weighted by atomic mass is 10.3. The lowest BCUT2D eigenvalue weighted by Gasteiger charge is -2.16. The Morgan fingerprint density at radius 2 is 2.07 bits per heavy atom. The van der Waals surface area contributed by atoms with Gasteiger partial charge >= 0.3 is 0 Å². The van der Waals surface area contributed by atoms with Gasteiger partial charge in [0.05, 0.1) is 0 Å². The molecule has 0 bridgehead atoms. The van der Waals surface area contributed by atoms with Gasteiger partial charge in [0.25, 0.3) is 0 Å². The van der Waals surface area contributed by atoms with Gasteiger partial charge in [-0.05, 0) is 52.4 Å². The van der Waals surface area contributed by atoms with Gasteiger partial charge in [-0.2, -0.15) is 0 Å². The molecule has 90 valence electrons. The van der Waals surface area contributed by atoms with E-state index in [1.807, 2.05) is 0 Å². The molecule has 0 aromatic carbocycles. The van der Waals surface area contributed by atoms with Crippen molar-refractivity contribution in [2.45, 2.75) is 32.2 Å². The van der Waals surface area contributed by atoms with Crippen LogP contribution < -0.4 is 5.32 Å². The van der Waals surface area contributed by atoms with E-state index in [1.54, 1.807) is 6.26 Å². The van der Waals surface area contributed by atoms with Crippen LogP contribution in [0.3, 0.4) is 0 Å². The third-order valence-electron chi connectivity index (χ3n) is 2.83. The van der Waals surface area contributed by atoms with Crippen LogP contribution in [0.25, 0.3) is 0 Å². The first-order chi connectivity index (χ1) is 7.18. The molecule has 0 aromatic heterocycles. The normalized spacial score (nSPS) is 21.7. The van der Waals surface area contributed by atoms with Crippen LogP contribution in [0.2, 0.25) is 0 Å². The Hall–Kier alpha value is 0.0700. The fraction of sp³-hybridized carbons (Fsp3) is 1.00. The second-order valence-corrected chi connectivity index (χ2v) is 5.98. The van der Waals surface area contributed by atoms with Crippen molar-refractivity contribution < 1.29 is 4.21 Å². The van der Waals surface area contributed by atoms with Gasteiger partial charge in [0.2, 0.25) is 0 Å². The molecule has 1 N–H and O–H groups in total. The Balaban J connectivity index is 1.93. The lowest BCUT2D eigenvalue weighted by molar-refractivity contribution is 0.329. The topological polar surface area (TPSA) is 32.3 Å². The van der Waals surface area contributed by atoms with Crippen LogP contribution in [0, 0.1) is 0 Å². The second kappa shape index (κ2) is 7.36. The molecular weight excluding hydrogens is 208 g/mol. The summed E-state index contributed by atoms with van der Waals surface area (Å²) in [5, 5.41) is 3.42. The highest BCUT2D eigenvalue weighted by Gasteiger charge is 2.10. The molecule has 1 heterocycles. The van der Waals surface area contributed by atoms with Crippen molar-refractivity contribution in [3.8, 4) is 0 Å². The van der Waals surface area contributed by atoms with Gasteiger partial charge in [0, 0.05) is 28.9 Å². The molecule has 15 heavy (non-hydrogen) atoms. The number of hydrogen-bond acceptors (Lipinski definition) is 3. The van der Waals surface area contributed by atoms with Crippen LogP contribution in [0.4, 0.5) is 0 Å². The monoisotopic (exact) mass is 232 g/mol. The Kier molecular flexibility index (Phi) is 6.45. The van der Waals surface area contributed by atoms with E-state index in [1.165, 1.54) is 38.9 Å². The molecule has 1 rings (SSSR count). The summed E-state index contributed by atoms with van der Waals surface area (Å²) in [6, 6.07) is 0.384. The summed E-state index contributed by atoms with van der Waals surface area (Å²) in [4.78, 5) is 2.53. The van der Waals surface area contributed by atoms with E-state index in [2.05, 4.69) is 17.1 Å². The highest BCUT2D eigenvalue weighted by atomic mass is 32.2. The molecular formula is C11H24N2OS. The highest BCUT2D eigenvalue weighted by molar-refractivity contribution is 7.84. The lowest BCUT2D eigenvalue weighted by Crippen LogP contribution is -2.33. The minimum atomic E-state index is -0.676. The first kappa shape index (κ1) is 13.1. The Labute approximate surface area is 96.1 Å². The molecule has 2 unspecified atom stereocenters. The molecule has 0 saturated carbocycles. The van der Waals surface area contributed by atoms with E-state index < -0.39 is 10.8 Å². The summed E-state index contributed by atoms with van der Waals surface area (Å²) >= 11 is 0. The van der Waals surface area contributed by atoms with E-state index in [0.717, 1.165) is 12.3 Å². The Morgan fingerprint density at radius 3 is 2.67 bits per heavy atom. The molecule has 4 heteroatoms. The zero-order valence-corrected chi connectivity index (χ0v) is 10.8. The first-order valence-corrected chi connectivity index (χ1v) is 7.67. The third kappa shape index (κ3) is 6.28. The maximum atomic E-state index is 11.0. The number of hydrogen-bond donors (Lipinski definition) is 1. The van der Waals surface area contributed by atoms with Crippen molar-refractivity contribution in [1.82, 2.24) is 10.2 Å². The molecule has 0 amide bonds. The molecule has 0 aromatic rings. The average molecular weight is 232 g/mol. The minimum Gasteiger partial charge on any atom is -0.313 e. The van der Waals surface area contributed by atoms with E-state index in [9.17, 15) is 4.21 Å². The van der Waals surface area contributed by atoms with E-state index in [-0.39, 0.29) is 0 Å². The van der Waals surface area contributed by atoms with Gasteiger partial charge in [0.1, 0.15) is 0 Å². The van der Waals surface area contributed by atoms with Crippen LogP contribution in [0.15, 0.2) is 0 Å². The molecule has 2 atom stereocenters. The predicted octanol–water partition coefficient (Wildman–Crippen LogP) is 0.829. The van der Waals surface area contributed by atoms with Crippen LogP contribution in [-0.2, 0) is 10.8 Å². The van der Waals surface area contributed by atoms with Gasteiger partial charge in [-0.3, -0.25) is 4.21 Å². The number of rotatable bonds is 7. The molecule has 1 fully saturated rings. The Morgan fingerprint density at radius 1 is 1.40 bits per heavy atom. The third-order valence-corrected chi connectivity index (χ3v) is 3.80. The molecule has 1 saturated heterocycles. The zero-order chi connectivity index (χ0) is 11.1. The van der Waals surface area contributed by atoms with Crippen molar-refractivity contribution in [2.75, 3.05) is 38.2 Å². The van der Waals surface area contributed by atoms with Gasteiger partial charge in [-0.1, -0.05) is 0 Å². The quantitative estimate of drug-likeness (QED) is 0.660. The summed E-state index contributed by atoms with van der Waals surface area (Å²) in [5.74, 6) is 0.768. The van der Waals surface area contributed by atoms with Crippen molar-refractivity contribution in [3.63, 3.8) is 0 Å². The van der Waals surface area contributed by atoms with Crippen LogP contribution in [0.1, 0.15) is 26.2 Å². The number of nitrogens with one attached hydrogen (secondary N) is 1. The Bertz CT molecular complexity index is 193. The molecule has 0 spiro atoms. The number of nitrogens with zero attached hydrogens (tertiary/aromatic N) is 1. The van der Waals surface area contributed by atoms with E-state index in [4.69, 9.17) is 0 Å².